The quantitative estimate of drug-likeness (QED) is 0.796. The van der Waals surface area contributed by atoms with Crippen LogP contribution in [0.15, 0.2) is 23.1 Å². The Morgan fingerprint density at radius 2 is 1.91 bits per heavy atom. The number of halogens is 2. The Balaban J connectivity index is 1.67. The molecule has 2 aliphatic heterocycles. The molecule has 0 saturated carbocycles. The van der Waals surface area contributed by atoms with E-state index in [-0.39, 0.29) is 32.2 Å². The van der Waals surface area contributed by atoms with Gasteiger partial charge in [0.05, 0.1) is 0 Å². The molecule has 2 saturated heterocycles. The van der Waals surface area contributed by atoms with Crippen molar-refractivity contribution in [3.8, 4) is 0 Å². The maximum atomic E-state index is 13.6. The predicted octanol–water partition coefficient (Wildman–Crippen LogP) is 0.564. The van der Waals surface area contributed by atoms with Gasteiger partial charge < -0.3 is 4.74 Å². The van der Waals surface area contributed by atoms with E-state index in [0.717, 1.165) is 21.3 Å². The first-order chi connectivity index (χ1) is 10.8. The van der Waals surface area contributed by atoms with E-state index in [1.54, 1.807) is 0 Å². The Kier molecular flexibility index (Phi) is 3.80. The minimum Gasteiger partial charge on any atom is -0.439 e. The SMILES string of the molecule is O=C1COC(=O)N1CC1CN(S(=O)(=O)c2cc(F)ccc2F)C1. The standard InChI is InChI=1S/C13H12F2N2O5S/c14-9-1-2-10(15)11(3-9)23(20,21)16-4-8(5-16)6-17-12(18)7-22-13(17)19/h1-3,8H,4-7H2. The Morgan fingerprint density at radius 1 is 1.22 bits per heavy atom. The van der Waals surface area contributed by atoms with Crippen LogP contribution in [-0.4, -0.2) is 55.9 Å². The van der Waals surface area contributed by atoms with Crippen molar-refractivity contribution >= 4 is 22.0 Å². The van der Waals surface area contributed by atoms with Crippen LogP contribution in [0.25, 0.3) is 0 Å². The molecule has 2 fully saturated rings. The molecule has 0 spiro atoms. The van der Waals surface area contributed by atoms with Crippen LogP contribution in [0.3, 0.4) is 0 Å². The topological polar surface area (TPSA) is 84.0 Å². The van der Waals surface area contributed by atoms with Gasteiger partial charge in [0.25, 0.3) is 5.91 Å². The third-order valence-electron chi connectivity index (χ3n) is 3.72. The molecule has 1 aromatic rings. The molecule has 124 valence electrons. The third kappa shape index (κ3) is 2.79. The summed E-state index contributed by atoms with van der Waals surface area (Å²) in [5, 5.41) is 0. The van der Waals surface area contributed by atoms with Gasteiger partial charge in [0.15, 0.2) is 6.61 Å². The lowest BCUT2D eigenvalue weighted by Crippen LogP contribution is -2.54. The van der Waals surface area contributed by atoms with Crippen molar-refractivity contribution in [2.45, 2.75) is 4.90 Å². The lowest BCUT2D eigenvalue weighted by atomic mass is 10.0. The number of amides is 2. The van der Waals surface area contributed by atoms with Gasteiger partial charge in [0.1, 0.15) is 16.5 Å². The summed E-state index contributed by atoms with van der Waals surface area (Å²) in [5.41, 5.74) is 0. The van der Waals surface area contributed by atoms with Crippen molar-refractivity contribution in [2.75, 3.05) is 26.2 Å². The van der Waals surface area contributed by atoms with Crippen LogP contribution in [0.5, 0.6) is 0 Å². The monoisotopic (exact) mass is 346 g/mol. The van der Waals surface area contributed by atoms with Gasteiger partial charge >= 0.3 is 6.09 Å². The van der Waals surface area contributed by atoms with E-state index >= 15 is 0 Å². The van der Waals surface area contributed by atoms with E-state index in [1.165, 1.54) is 0 Å². The molecule has 7 nitrogen and oxygen atoms in total. The number of hydrogen-bond acceptors (Lipinski definition) is 5. The lowest BCUT2D eigenvalue weighted by molar-refractivity contribution is -0.126. The van der Waals surface area contributed by atoms with Gasteiger partial charge in [-0.25, -0.2) is 26.9 Å². The largest absolute Gasteiger partial charge is 0.439 e. The van der Waals surface area contributed by atoms with E-state index in [0.29, 0.717) is 6.07 Å². The van der Waals surface area contributed by atoms with Crippen LogP contribution in [0.1, 0.15) is 0 Å². The molecule has 0 N–H and O–H groups in total. The highest BCUT2D eigenvalue weighted by atomic mass is 32.2. The van der Waals surface area contributed by atoms with Gasteiger partial charge in [-0.3, -0.25) is 4.79 Å². The first-order valence-corrected chi connectivity index (χ1v) is 8.15. The highest BCUT2D eigenvalue weighted by molar-refractivity contribution is 7.89. The van der Waals surface area contributed by atoms with Gasteiger partial charge in [0.2, 0.25) is 10.0 Å². The number of benzene rings is 1. The van der Waals surface area contributed by atoms with Crippen molar-refractivity contribution < 1.29 is 31.5 Å². The van der Waals surface area contributed by atoms with Gasteiger partial charge in [0, 0.05) is 25.6 Å². The van der Waals surface area contributed by atoms with Crippen LogP contribution < -0.4 is 0 Å². The third-order valence-corrected chi connectivity index (χ3v) is 5.56. The minimum absolute atomic E-state index is 0.00927. The minimum atomic E-state index is -4.15. The number of cyclic esters (lactones) is 1. The van der Waals surface area contributed by atoms with Crippen molar-refractivity contribution in [1.82, 2.24) is 9.21 Å². The van der Waals surface area contributed by atoms with Crippen LogP contribution in [0.2, 0.25) is 0 Å². The predicted molar refractivity (Wildman–Crippen MR) is 71.7 cm³/mol. The first kappa shape index (κ1) is 15.8. The molecular formula is C13H12F2N2O5S. The fraction of sp³-hybridized carbons (Fsp3) is 0.385. The van der Waals surface area contributed by atoms with Crippen LogP contribution in [0, 0.1) is 17.6 Å². The zero-order valence-electron chi connectivity index (χ0n) is 11.7. The molecule has 1 aromatic carbocycles. The molecule has 0 aromatic heterocycles. The highest BCUT2D eigenvalue weighted by Gasteiger charge is 2.42. The Bertz CT molecular complexity index is 761. The van der Waals surface area contributed by atoms with Crippen molar-refractivity contribution in [3.05, 3.63) is 29.8 Å². The molecule has 0 aliphatic carbocycles. The molecule has 0 atom stereocenters. The zero-order valence-corrected chi connectivity index (χ0v) is 12.6. The number of rotatable bonds is 4. The second kappa shape index (κ2) is 5.53. The summed E-state index contributed by atoms with van der Waals surface area (Å²) in [6.45, 7) is -0.262. The van der Waals surface area contributed by atoms with Crippen molar-refractivity contribution in [1.29, 1.82) is 0 Å². The Morgan fingerprint density at radius 3 is 2.52 bits per heavy atom. The molecule has 0 bridgehead atoms. The number of sulfonamides is 1. The summed E-state index contributed by atoms with van der Waals surface area (Å²) in [4.78, 5) is 22.9. The summed E-state index contributed by atoms with van der Waals surface area (Å²) >= 11 is 0. The first-order valence-electron chi connectivity index (χ1n) is 6.71. The van der Waals surface area contributed by atoms with E-state index in [4.69, 9.17) is 0 Å². The lowest BCUT2D eigenvalue weighted by Gasteiger charge is -2.39. The number of nitrogens with zero attached hydrogens (tertiary/aromatic N) is 2. The molecular weight excluding hydrogens is 334 g/mol. The average molecular weight is 346 g/mol. The molecule has 2 aliphatic rings. The summed E-state index contributed by atoms with van der Waals surface area (Å²) in [6, 6.07) is 2.20. The summed E-state index contributed by atoms with van der Waals surface area (Å²) in [6.07, 6.45) is -0.757. The van der Waals surface area contributed by atoms with Crippen molar-refractivity contribution in [3.63, 3.8) is 0 Å². The molecule has 0 radical (unpaired) electrons. The number of carbonyl (C=O) groups is 2. The molecule has 2 heterocycles. The van der Waals surface area contributed by atoms with E-state index < -0.39 is 38.6 Å². The summed E-state index contributed by atoms with van der Waals surface area (Å²) in [7, 11) is -4.15. The Hall–Kier alpha value is -2.07. The van der Waals surface area contributed by atoms with E-state index in [9.17, 15) is 26.8 Å². The van der Waals surface area contributed by atoms with Crippen molar-refractivity contribution in [2.24, 2.45) is 5.92 Å². The van der Waals surface area contributed by atoms with Gasteiger partial charge in [-0.05, 0) is 18.2 Å². The molecule has 0 unspecified atom stereocenters. The highest BCUT2D eigenvalue weighted by Crippen LogP contribution is 2.28. The molecule has 2 amide bonds. The maximum absolute atomic E-state index is 13.6. The summed E-state index contributed by atoms with van der Waals surface area (Å²) < 4.78 is 56.8. The maximum Gasteiger partial charge on any atom is 0.417 e. The normalized spacial score (nSPS) is 19.8. The van der Waals surface area contributed by atoms with Gasteiger partial charge in [-0.1, -0.05) is 0 Å². The number of hydrogen-bond donors (Lipinski definition) is 0. The fourth-order valence-electron chi connectivity index (χ4n) is 2.46. The average Bonchev–Trinajstić information content (AvgIpc) is 2.75. The van der Waals surface area contributed by atoms with Crippen LogP contribution in [-0.2, 0) is 19.6 Å². The van der Waals surface area contributed by atoms with Gasteiger partial charge in [-0.2, -0.15) is 4.31 Å². The fourth-order valence-corrected chi connectivity index (χ4v) is 4.13. The number of ether oxygens (including phenoxy) is 1. The summed E-state index contributed by atoms with van der Waals surface area (Å²) in [5.74, 6) is -2.64. The molecule has 23 heavy (non-hydrogen) atoms. The van der Waals surface area contributed by atoms with Gasteiger partial charge in [-0.15, -0.1) is 0 Å². The number of imide groups is 1. The van der Waals surface area contributed by atoms with Crippen LogP contribution in [0.4, 0.5) is 13.6 Å². The van der Waals surface area contributed by atoms with E-state index in [1.807, 2.05) is 0 Å². The second-order valence-corrected chi connectivity index (χ2v) is 7.23. The Labute approximate surface area is 130 Å². The zero-order chi connectivity index (χ0) is 16.8. The number of carbonyl (C=O) groups excluding carboxylic acids is 2. The van der Waals surface area contributed by atoms with Crippen LogP contribution >= 0.6 is 0 Å². The molecule has 10 heteroatoms. The smallest absolute Gasteiger partial charge is 0.417 e. The molecule has 3 rings (SSSR count). The van der Waals surface area contributed by atoms with E-state index in [2.05, 4.69) is 4.74 Å². The second-order valence-electron chi connectivity index (χ2n) is 5.32.